The summed E-state index contributed by atoms with van der Waals surface area (Å²) in [5, 5.41) is 5.53. The zero-order chi connectivity index (χ0) is 23.8. The van der Waals surface area contributed by atoms with Gasteiger partial charge < -0.3 is 25.0 Å². The number of nitrogens with one attached hydrogen (secondary N) is 2. The van der Waals surface area contributed by atoms with E-state index in [-0.39, 0.29) is 43.2 Å². The molecule has 1 aromatic rings. The van der Waals surface area contributed by atoms with E-state index in [4.69, 9.17) is 9.47 Å². The maximum Gasteiger partial charge on any atom is 0.307 e. The molecule has 3 rings (SSSR count). The van der Waals surface area contributed by atoms with Crippen molar-refractivity contribution in [3.63, 3.8) is 0 Å². The average molecular weight is 461 g/mol. The second-order valence-electron chi connectivity index (χ2n) is 8.59. The van der Waals surface area contributed by atoms with E-state index in [0.29, 0.717) is 50.6 Å². The lowest BCUT2D eigenvalue weighted by molar-refractivity contribution is -0.149. The van der Waals surface area contributed by atoms with Crippen molar-refractivity contribution in [2.24, 2.45) is 5.92 Å². The summed E-state index contributed by atoms with van der Waals surface area (Å²) in [4.78, 5) is 53.0. The lowest BCUT2D eigenvalue weighted by atomic mass is 10.1. The highest BCUT2D eigenvalue weighted by Gasteiger charge is 2.33. The number of piperazine rings is 1. The topological polar surface area (TPSA) is 117 Å². The van der Waals surface area contributed by atoms with Crippen molar-refractivity contribution < 1.29 is 28.7 Å². The van der Waals surface area contributed by atoms with E-state index < -0.39 is 12.0 Å². The third-order valence-electron chi connectivity index (χ3n) is 5.44. The predicted octanol–water partition coefficient (Wildman–Crippen LogP) is 0.487. The monoisotopic (exact) mass is 460 g/mol. The number of rotatable bonds is 8. The van der Waals surface area contributed by atoms with Crippen LogP contribution in [0.25, 0.3) is 0 Å². The van der Waals surface area contributed by atoms with Gasteiger partial charge in [-0.3, -0.25) is 24.1 Å². The van der Waals surface area contributed by atoms with Crippen LogP contribution in [0.5, 0.6) is 0 Å². The van der Waals surface area contributed by atoms with Crippen molar-refractivity contribution in [3.05, 3.63) is 29.8 Å². The number of hydrogen-bond acceptors (Lipinski definition) is 7. The van der Waals surface area contributed by atoms with Gasteiger partial charge in [0.15, 0.2) is 0 Å². The van der Waals surface area contributed by atoms with E-state index in [0.717, 1.165) is 0 Å². The van der Waals surface area contributed by atoms with Crippen molar-refractivity contribution >= 4 is 29.4 Å². The normalized spacial score (nSPS) is 19.2. The maximum absolute atomic E-state index is 12.6. The van der Waals surface area contributed by atoms with Gasteiger partial charge in [0, 0.05) is 37.4 Å². The molecule has 0 bridgehead atoms. The highest BCUT2D eigenvalue weighted by molar-refractivity contribution is 5.96. The molecule has 0 aromatic heterocycles. The molecule has 2 aliphatic rings. The minimum atomic E-state index is -0.752. The minimum absolute atomic E-state index is 0.0377. The third-order valence-corrected chi connectivity index (χ3v) is 5.44. The van der Waals surface area contributed by atoms with Crippen LogP contribution in [-0.4, -0.2) is 92.1 Å². The molecular formula is C23H32N4O6. The number of anilines is 1. The number of nitrogens with zero attached hydrogens (tertiary/aromatic N) is 2. The van der Waals surface area contributed by atoms with E-state index in [1.165, 1.54) is 0 Å². The van der Waals surface area contributed by atoms with Gasteiger partial charge in [-0.1, -0.05) is 13.8 Å². The highest BCUT2D eigenvalue weighted by atomic mass is 16.5. The van der Waals surface area contributed by atoms with Crippen LogP contribution in [0.2, 0.25) is 0 Å². The Morgan fingerprint density at radius 2 is 1.85 bits per heavy atom. The smallest absolute Gasteiger partial charge is 0.307 e. The largest absolute Gasteiger partial charge is 0.465 e. The number of ether oxygens (including phenoxy) is 2. The Labute approximate surface area is 193 Å². The molecule has 0 saturated carbocycles. The molecule has 0 aliphatic carbocycles. The van der Waals surface area contributed by atoms with Crippen LogP contribution in [0.3, 0.4) is 0 Å². The summed E-state index contributed by atoms with van der Waals surface area (Å²) in [7, 11) is 0. The first kappa shape index (κ1) is 24.7. The second-order valence-corrected chi connectivity index (χ2v) is 8.59. The van der Waals surface area contributed by atoms with E-state index >= 15 is 0 Å². The molecule has 10 heteroatoms. The van der Waals surface area contributed by atoms with Gasteiger partial charge in [-0.05, 0) is 30.2 Å². The molecule has 1 atom stereocenters. The minimum Gasteiger partial charge on any atom is -0.465 e. The Morgan fingerprint density at radius 3 is 2.52 bits per heavy atom. The molecule has 2 heterocycles. The van der Waals surface area contributed by atoms with E-state index in [2.05, 4.69) is 10.6 Å². The van der Waals surface area contributed by atoms with E-state index in [1.807, 2.05) is 13.8 Å². The van der Waals surface area contributed by atoms with Gasteiger partial charge in [-0.25, -0.2) is 0 Å². The number of carbonyl (C=O) groups is 4. The van der Waals surface area contributed by atoms with Crippen molar-refractivity contribution in [2.45, 2.75) is 26.3 Å². The van der Waals surface area contributed by atoms with Crippen molar-refractivity contribution in [1.82, 2.24) is 15.1 Å². The van der Waals surface area contributed by atoms with Crippen molar-refractivity contribution in [3.8, 4) is 0 Å². The Hall–Kier alpha value is -2.98. The molecule has 3 amide bonds. The first-order valence-electron chi connectivity index (χ1n) is 11.3. The number of carbonyl (C=O) groups excluding carboxylic acids is 4. The van der Waals surface area contributed by atoms with Gasteiger partial charge in [0.1, 0.15) is 6.04 Å². The lowest BCUT2D eigenvalue weighted by Crippen LogP contribution is -2.57. The van der Waals surface area contributed by atoms with Crippen LogP contribution in [0.4, 0.5) is 5.69 Å². The molecule has 2 fully saturated rings. The molecule has 2 N–H and O–H groups in total. The van der Waals surface area contributed by atoms with Crippen LogP contribution in [0.15, 0.2) is 24.3 Å². The van der Waals surface area contributed by atoms with Crippen LogP contribution in [0.1, 0.15) is 30.6 Å². The molecular weight excluding hydrogens is 428 g/mol. The van der Waals surface area contributed by atoms with Gasteiger partial charge in [-0.2, -0.15) is 0 Å². The summed E-state index contributed by atoms with van der Waals surface area (Å²) in [6.45, 7) is 7.16. The van der Waals surface area contributed by atoms with Gasteiger partial charge in [0.05, 0.1) is 32.8 Å². The summed E-state index contributed by atoms with van der Waals surface area (Å²) in [5.74, 6) is -0.926. The zero-order valence-electron chi connectivity index (χ0n) is 19.2. The van der Waals surface area contributed by atoms with E-state index in [9.17, 15) is 19.2 Å². The molecule has 1 aromatic carbocycles. The van der Waals surface area contributed by atoms with Crippen LogP contribution < -0.4 is 10.6 Å². The van der Waals surface area contributed by atoms with Crippen molar-refractivity contribution in [2.75, 3.05) is 57.9 Å². The number of benzene rings is 1. The van der Waals surface area contributed by atoms with Gasteiger partial charge >= 0.3 is 5.97 Å². The maximum atomic E-state index is 12.6. The molecule has 10 nitrogen and oxygen atoms in total. The SMILES string of the molecule is CC(C)COC(=O)CC1C(=O)NCCN1CC(=O)Nc1ccc(C(=O)N2CCOCC2)cc1. The number of amides is 3. The second kappa shape index (κ2) is 11.8. The quantitative estimate of drug-likeness (QED) is 0.542. The average Bonchev–Trinajstić information content (AvgIpc) is 2.80. The first-order chi connectivity index (χ1) is 15.8. The zero-order valence-corrected chi connectivity index (χ0v) is 19.2. The molecule has 0 radical (unpaired) electrons. The molecule has 1 unspecified atom stereocenters. The summed E-state index contributed by atoms with van der Waals surface area (Å²) in [5.41, 5.74) is 1.09. The standard InChI is InChI=1S/C23H32N4O6/c1-16(2)15-33-21(29)13-19-22(30)24-7-8-27(19)14-20(28)25-18-5-3-17(4-6-18)23(31)26-9-11-32-12-10-26/h3-6,16,19H,7-15H2,1-2H3,(H,24,30)(H,25,28). The molecule has 0 spiro atoms. The summed E-state index contributed by atoms with van der Waals surface area (Å²) < 4.78 is 10.5. The van der Waals surface area contributed by atoms with Gasteiger partial charge in [-0.15, -0.1) is 0 Å². The molecule has 2 aliphatic heterocycles. The first-order valence-corrected chi connectivity index (χ1v) is 11.3. The Bertz CT molecular complexity index is 851. The Kier molecular flexibility index (Phi) is 8.79. The number of hydrogen-bond donors (Lipinski definition) is 2. The molecule has 2 saturated heterocycles. The number of morpholine rings is 1. The van der Waals surface area contributed by atoms with Crippen LogP contribution in [-0.2, 0) is 23.9 Å². The predicted molar refractivity (Wildman–Crippen MR) is 121 cm³/mol. The third kappa shape index (κ3) is 7.26. The molecule has 180 valence electrons. The summed E-state index contributed by atoms with van der Waals surface area (Å²) in [6, 6.07) is 5.95. The lowest BCUT2D eigenvalue weighted by Gasteiger charge is -2.33. The van der Waals surface area contributed by atoms with Crippen LogP contribution >= 0.6 is 0 Å². The molecule has 33 heavy (non-hydrogen) atoms. The fraction of sp³-hybridized carbons (Fsp3) is 0.565. The number of esters is 1. The van der Waals surface area contributed by atoms with Crippen molar-refractivity contribution in [1.29, 1.82) is 0 Å². The highest BCUT2D eigenvalue weighted by Crippen LogP contribution is 2.14. The van der Waals surface area contributed by atoms with Crippen LogP contribution in [0, 0.1) is 5.92 Å². The summed E-state index contributed by atoms with van der Waals surface area (Å²) in [6.07, 6.45) is -0.107. The Balaban J connectivity index is 1.54. The Morgan fingerprint density at radius 1 is 1.15 bits per heavy atom. The fourth-order valence-electron chi connectivity index (χ4n) is 3.68. The fourth-order valence-corrected chi connectivity index (χ4v) is 3.68. The van der Waals surface area contributed by atoms with Gasteiger partial charge in [0.25, 0.3) is 5.91 Å². The summed E-state index contributed by atoms with van der Waals surface area (Å²) >= 11 is 0. The van der Waals surface area contributed by atoms with Gasteiger partial charge in [0.2, 0.25) is 11.8 Å². The van der Waals surface area contributed by atoms with E-state index in [1.54, 1.807) is 34.1 Å².